The van der Waals surface area contributed by atoms with E-state index in [1.807, 2.05) is 0 Å². The highest BCUT2D eigenvalue weighted by Crippen LogP contribution is 2.34. The van der Waals surface area contributed by atoms with Gasteiger partial charge in [0.2, 0.25) is 0 Å². The number of carbonyl (C=O) groups is 3. The Bertz CT molecular complexity index is 319. The molecule has 0 unspecified atom stereocenters. The van der Waals surface area contributed by atoms with E-state index in [0.717, 1.165) is 0 Å². The Kier molecular flexibility index (Phi) is 3.22. The Labute approximate surface area is 95.3 Å². The summed E-state index contributed by atoms with van der Waals surface area (Å²) in [5, 5.41) is 0. The second kappa shape index (κ2) is 4.00. The summed E-state index contributed by atoms with van der Waals surface area (Å²) >= 11 is 0. The molecule has 1 fully saturated rings. The molecule has 1 saturated carbocycles. The Balaban J connectivity index is 2.80. The van der Waals surface area contributed by atoms with E-state index in [1.54, 1.807) is 27.7 Å². The van der Waals surface area contributed by atoms with Gasteiger partial charge in [0, 0.05) is 12.8 Å². The lowest BCUT2D eigenvalue weighted by atomic mass is 9.74. The van der Waals surface area contributed by atoms with Gasteiger partial charge in [-0.25, -0.2) is 0 Å². The molecule has 1 aliphatic rings. The van der Waals surface area contributed by atoms with Crippen LogP contribution in [-0.2, 0) is 19.1 Å². The van der Waals surface area contributed by atoms with Gasteiger partial charge in [0.05, 0.1) is 11.8 Å². The van der Waals surface area contributed by atoms with Crippen molar-refractivity contribution in [3.05, 3.63) is 0 Å². The van der Waals surface area contributed by atoms with Crippen molar-refractivity contribution in [2.75, 3.05) is 0 Å². The van der Waals surface area contributed by atoms with Gasteiger partial charge in [0.15, 0.2) is 0 Å². The van der Waals surface area contributed by atoms with Crippen molar-refractivity contribution in [3.63, 3.8) is 0 Å². The second-order valence-electron chi connectivity index (χ2n) is 5.67. The van der Waals surface area contributed by atoms with Crippen molar-refractivity contribution in [2.24, 2.45) is 5.41 Å². The lowest BCUT2D eigenvalue weighted by Gasteiger charge is -2.32. The van der Waals surface area contributed by atoms with Gasteiger partial charge in [-0.15, -0.1) is 0 Å². The summed E-state index contributed by atoms with van der Waals surface area (Å²) in [4.78, 5) is 34.6. The predicted molar refractivity (Wildman–Crippen MR) is 57.8 cm³/mol. The van der Waals surface area contributed by atoms with Crippen molar-refractivity contribution in [2.45, 2.75) is 52.6 Å². The molecule has 0 saturated heterocycles. The van der Waals surface area contributed by atoms with Crippen LogP contribution in [0.25, 0.3) is 0 Å². The molecule has 0 radical (unpaired) electrons. The summed E-state index contributed by atoms with van der Waals surface area (Å²) in [6.07, 6.45) is 0.166. The fraction of sp³-hybridized carbons (Fsp3) is 0.750. The van der Waals surface area contributed by atoms with E-state index in [-0.39, 0.29) is 30.8 Å². The third-order valence-electron chi connectivity index (χ3n) is 2.46. The first kappa shape index (κ1) is 12.9. The number of ether oxygens (including phenoxy) is 1. The Morgan fingerprint density at radius 2 is 1.62 bits per heavy atom. The van der Waals surface area contributed by atoms with Crippen molar-refractivity contribution in [1.29, 1.82) is 0 Å². The van der Waals surface area contributed by atoms with E-state index in [1.165, 1.54) is 0 Å². The van der Waals surface area contributed by atoms with Crippen LogP contribution >= 0.6 is 0 Å². The van der Waals surface area contributed by atoms with Gasteiger partial charge in [0.1, 0.15) is 17.2 Å². The van der Waals surface area contributed by atoms with Crippen LogP contribution in [0.2, 0.25) is 0 Å². The maximum atomic E-state index is 11.9. The number of esters is 1. The molecule has 0 aromatic heterocycles. The lowest BCUT2D eigenvalue weighted by molar-refractivity contribution is -0.171. The molecular formula is C12H18O4. The highest BCUT2D eigenvalue weighted by Gasteiger charge is 2.44. The first-order valence-corrected chi connectivity index (χ1v) is 5.39. The summed E-state index contributed by atoms with van der Waals surface area (Å²) in [5.41, 5.74) is -1.57. The molecule has 0 spiro atoms. The summed E-state index contributed by atoms with van der Waals surface area (Å²) in [6, 6.07) is 0. The highest BCUT2D eigenvalue weighted by atomic mass is 16.6. The van der Waals surface area contributed by atoms with Gasteiger partial charge < -0.3 is 4.74 Å². The van der Waals surface area contributed by atoms with Gasteiger partial charge in [-0.2, -0.15) is 0 Å². The third-order valence-corrected chi connectivity index (χ3v) is 2.46. The molecule has 1 aliphatic carbocycles. The van der Waals surface area contributed by atoms with Gasteiger partial charge >= 0.3 is 5.97 Å². The van der Waals surface area contributed by atoms with Crippen LogP contribution in [0.5, 0.6) is 0 Å². The van der Waals surface area contributed by atoms with Crippen molar-refractivity contribution in [3.8, 4) is 0 Å². The predicted octanol–water partition coefficient (Wildman–Crippen LogP) is 1.66. The maximum absolute atomic E-state index is 11.9. The second-order valence-corrected chi connectivity index (χ2v) is 5.67. The molecule has 0 amide bonds. The van der Waals surface area contributed by atoms with E-state index in [0.29, 0.717) is 0 Å². The first-order valence-electron chi connectivity index (χ1n) is 5.39. The summed E-state index contributed by atoms with van der Waals surface area (Å²) in [7, 11) is 0. The molecule has 0 heterocycles. The van der Waals surface area contributed by atoms with E-state index in [4.69, 9.17) is 4.74 Å². The van der Waals surface area contributed by atoms with Crippen LogP contribution in [0, 0.1) is 5.41 Å². The standard InChI is InChI=1S/C12H18O4/c1-11(2,3)16-10(15)12(4)6-8(13)5-9(14)7-12/h5-7H2,1-4H3. The molecule has 0 atom stereocenters. The number of ketones is 2. The number of carbonyl (C=O) groups excluding carboxylic acids is 3. The summed E-state index contributed by atoms with van der Waals surface area (Å²) < 4.78 is 5.23. The fourth-order valence-electron chi connectivity index (χ4n) is 1.82. The molecule has 0 aromatic carbocycles. The first-order chi connectivity index (χ1) is 7.12. The largest absolute Gasteiger partial charge is 0.460 e. The molecule has 0 bridgehead atoms. The fourth-order valence-corrected chi connectivity index (χ4v) is 1.82. The van der Waals surface area contributed by atoms with E-state index >= 15 is 0 Å². The molecule has 16 heavy (non-hydrogen) atoms. The number of Topliss-reactive ketones (excluding diaryl/α,β-unsaturated/α-hetero) is 2. The number of hydrogen-bond acceptors (Lipinski definition) is 4. The molecule has 0 aliphatic heterocycles. The minimum Gasteiger partial charge on any atom is -0.460 e. The molecule has 90 valence electrons. The zero-order chi connectivity index (χ0) is 12.6. The Morgan fingerprint density at radius 3 is 2.00 bits per heavy atom. The van der Waals surface area contributed by atoms with E-state index < -0.39 is 17.0 Å². The van der Waals surface area contributed by atoms with Crippen LogP contribution in [0.1, 0.15) is 47.0 Å². The molecule has 1 rings (SSSR count). The molecule has 0 N–H and O–H groups in total. The maximum Gasteiger partial charge on any atom is 0.313 e. The van der Waals surface area contributed by atoms with Crippen LogP contribution in [0.15, 0.2) is 0 Å². The average Bonchev–Trinajstić information content (AvgIpc) is 1.97. The topological polar surface area (TPSA) is 60.4 Å². The SMILES string of the molecule is CC(C)(C)OC(=O)C1(C)CC(=O)CC(=O)C1. The molecular weight excluding hydrogens is 208 g/mol. The lowest BCUT2D eigenvalue weighted by Crippen LogP contribution is -2.42. The van der Waals surface area contributed by atoms with E-state index in [9.17, 15) is 14.4 Å². The molecule has 4 nitrogen and oxygen atoms in total. The summed E-state index contributed by atoms with van der Waals surface area (Å²) in [6.45, 7) is 6.91. The van der Waals surface area contributed by atoms with Crippen LogP contribution < -0.4 is 0 Å². The smallest absolute Gasteiger partial charge is 0.313 e. The zero-order valence-corrected chi connectivity index (χ0v) is 10.3. The third kappa shape index (κ3) is 3.15. The van der Waals surface area contributed by atoms with Crippen molar-refractivity contribution < 1.29 is 19.1 Å². The molecule has 4 heteroatoms. The van der Waals surface area contributed by atoms with Gasteiger partial charge in [-0.1, -0.05) is 0 Å². The van der Waals surface area contributed by atoms with Gasteiger partial charge in [-0.3, -0.25) is 14.4 Å². The highest BCUT2D eigenvalue weighted by molar-refractivity contribution is 6.05. The average molecular weight is 226 g/mol. The quantitative estimate of drug-likeness (QED) is 0.504. The van der Waals surface area contributed by atoms with Crippen molar-refractivity contribution >= 4 is 17.5 Å². The van der Waals surface area contributed by atoms with Crippen molar-refractivity contribution in [1.82, 2.24) is 0 Å². The zero-order valence-electron chi connectivity index (χ0n) is 10.3. The monoisotopic (exact) mass is 226 g/mol. The number of hydrogen-bond donors (Lipinski definition) is 0. The Hall–Kier alpha value is -1.19. The minimum absolute atomic E-state index is 0.0433. The van der Waals surface area contributed by atoms with Crippen LogP contribution in [0.3, 0.4) is 0 Å². The summed E-state index contributed by atoms with van der Waals surface area (Å²) in [5.74, 6) is -0.810. The van der Waals surface area contributed by atoms with Gasteiger partial charge in [0.25, 0.3) is 0 Å². The normalized spacial score (nSPS) is 20.8. The minimum atomic E-state index is -0.973. The van der Waals surface area contributed by atoms with Gasteiger partial charge in [-0.05, 0) is 27.7 Å². The Morgan fingerprint density at radius 1 is 1.19 bits per heavy atom. The number of rotatable bonds is 1. The van der Waals surface area contributed by atoms with Crippen LogP contribution in [-0.4, -0.2) is 23.1 Å². The molecule has 0 aromatic rings. The van der Waals surface area contributed by atoms with Crippen LogP contribution in [0.4, 0.5) is 0 Å². The van der Waals surface area contributed by atoms with E-state index in [2.05, 4.69) is 0 Å².